The van der Waals surface area contributed by atoms with Crippen molar-refractivity contribution in [1.29, 1.82) is 0 Å². The molecule has 4 N–H and O–H groups in total. The minimum atomic E-state index is -0.612. The van der Waals surface area contributed by atoms with Crippen LogP contribution >= 0.6 is 0 Å². The number of aliphatic hydroxyl groups is 2. The normalized spacial score (nSPS) is 16.8. The summed E-state index contributed by atoms with van der Waals surface area (Å²) in [5.74, 6) is 0. The first-order valence-electron chi connectivity index (χ1n) is 3.30. The summed E-state index contributed by atoms with van der Waals surface area (Å²) in [7, 11) is 0. The molecule has 0 amide bonds. The van der Waals surface area contributed by atoms with Crippen molar-refractivity contribution in [2.24, 2.45) is 5.73 Å². The number of rotatable bonds is 5. The van der Waals surface area contributed by atoms with Crippen LogP contribution in [-0.4, -0.2) is 42.2 Å². The van der Waals surface area contributed by atoms with Crippen LogP contribution in [-0.2, 0) is 4.74 Å². The first kappa shape index (κ1) is 9.84. The largest absolute Gasteiger partial charge is 0.391 e. The van der Waals surface area contributed by atoms with Crippen molar-refractivity contribution in [1.82, 2.24) is 0 Å². The molecule has 0 spiro atoms. The van der Waals surface area contributed by atoms with Crippen molar-refractivity contribution in [3.8, 4) is 0 Å². The van der Waals surface area contributed by atoms with E-state index in [2.05, 4.69) is 0 Å². The predicted molar refractivity (Wildman–Crippen MR) is 37.6 cm³/mol. The van der Waals surface area contributed by atoms with Crippen molar-refractivity contribution < 1.29 is 14.9 Å². The molecule has 62 valence electrons. The van der Waals surface area contributed by atoms with Crippen LogP contribution in [0.5, 0.6) is 0 Å². The van der Waals surface area contributed by atoms with Crippen molar-refractivity contribution in [2.45, 2.75) is 19.1 Å². The maximum Gasteiger partial charge on any atom is 0.0895 e. The quantitative estimate of drug-likeness (QED) is 0.454. The first-order chi connectivity index (χ1) is 4.66. The fourth-order valence-electron chi connectivity index (χ4n) is 0.443. The molecule has 0 aromatic rings. The Kier molecular flexibility index (Phi) is 5.52. The number of aliphatic hydroxyl groups excluding tert-OH is 2. The van der Waals surface area contributed by atoms with E-state index in [0.717, 1.165) is 0 Å². The molecule has 4 heteroatoms. The Morgan fingerprint density at radius 2 is 2.00 bits per heavy atom. The van der Waals surface area contributed by atoms with Gasteiger partial charge in [-0.3, -0.25) is 0 Å². The molecule has 0 heterocycles. The Hall–Kier alpha value is -0.160. The van der Waals surface area contributed by atoms with E-state index < -0.39 is 12.2 Å². The number of hydrogen-bond donors (Lipinski definition) is 3. The van der Waals surface area contributed by atoms with Crippen LogP contribution in [0.1, 0.15) is 6.92 Å². The maximum atomic E-state index is 8.84. The molecule has 2 atom stereocenters. The zero-order valence-electron chi connectivity index (χ0n) is 6.16. The summed E-state index contributed by atoms with van der Waals surface area (Å²) < 4.78 is 4.87. The molecule has 0 aromatic carbocycles. The van der Waals surface area contributed by atoms with Crippen molar-refractivity contribution in [3.05, 3.63) is 0 Å². The van der Waals surface area contributed by atoms with Gasteiger partial charge in [0.05, 0.1) is 25.4 Å². The first-order valence-corrected chi connectivity index (χ1v) is 3.30. The van der Waals surface area contributed by atoms with Gasteiger partial charge in [-0.05, 0) is 6.92 Å². The van der Waals surface area contributed by atoms with Gasteiger partial charge >= 0.3 is 0 Å². The molecule has 0 bridgehead atoms. The van der Waals surface area contributed by atoms with Gasteiger partial charge in [0.2, 0.25) is 0 Å². The van der Waals surface area contributed by atoms with Gasteiger partial charge in [0.15, 0.2) is 0 Å². The SMILES string of the molecule is CC(O)COCC(O)CN. The minimum absolute atomic E-state index is 0.194. The maximum absolute atomic E-state index is 8.84. The highest BCUT2D eigenvalue weighted by Crippen LogP contribution is 1.85. The van der Waals surface area contributed by atoms with E-state index in [1.807, 2.05) is 0 Å². The lowest BCUT2D eigenvalue weighted by molar-refractivity contribution is 0.00104. The second-order valence-corrected chi connectivity index (χ2v) is 2.28. The van der Waals surface area contributed by atoms with Crippen molar-refractivity contribution >= 4 is 0 Å². The number of nitrogens with two attached hydrogens (primary N) is 1. The predicted octanol–water partition coefficient (Wildman–Crippen LogP) is -1.30. The minimum Gasteiger partial charge on any atom is -0.391 e. The second-order valence-electron chi connectivity index (χ2n) is 2.28. The molecule has 0 aliphatic carbocycles. The van der Waals surface area contributed by atoms with Gasteiger partial charge in [0.25, 0.3) is 0 Å². The van der Waals surface area contributed by atoms with E-state index >= 15 is 0 Å². The molecule has 0 saturated heterocycles. The average molecular weight is 149 g/mol. The second kappa shape index (κ2) is 5.61. The van der Waals surface area contributed by atoms with E-state index in [9.17, 15) is 0 Å². The van der Waals surface area contributed by atoms with Gasteiger partial charge in [-0.1, -0.05) is 0 Å². The Morgan fingerprint density at radius 3 is 2.40 bits per heavy atom. The van der Waals surface area contributed by atoms with E-state index in [4.69, 9.17) is 20.7 Å². The van der Waals surface area contributed by atoms with E-state index in [1.165, 1.54) is 0 Å². The number of hydrogen-bond acceptors (Lipinski definition) is 4. The van der Waals surface area contributed by atoms with E-state index in [-0.39, 0.29) is 19.8 Å². The molecule has 0 aliphatic rings. The Labute approximate surface area is 60.6 Å². The van der Waals surface area contributed by atoms with Gasteiger partial charge in [0.1, 0.15) is 0 Å². The third-order valence-corrected chi connectivity index (χ3v) is 0.941. The molecule has 0 aromatic heterocycles. The zero-order chi connectivity index (χ0) is 7.98. The van der Waals surface area contributed by atoms with Gasteiger partial charge < -0.3 is 20.7 Å². The Morgan fingerprint density at radius 1 is 1.40 bits per heavy atom. The summed E-state index contributed by atoms with van der Waals surface area (Å²) in [6, 6.07) is 0. The highest BCUT2D eigenvalue weighted by atomic mass is 16.5. The van der Waals surface area contributed by atoms with Crippen LogP contribution in [0.15, 0.2) is 0 Å². The van der Waals surface area contributed by atoms with Crippen LogP contribution < -0.4 is 5.73 Å². The van der Waals surface area contributed by atoms with Gasteiger partial charge in [-0.25, -0.2) is 0 Å². The summed E-state index contributed by atoms with van der Waals surface area (Å²) in [4.78, 5) is 0. The van der Waals surface area contributed by atoms with Gasteiger partial charge in [-0.2, -0.15) is 0 Å². The smallest absolute Gasteiger partial charge is 0.0895 e. The lowest BCUT2D eigenvalue weighted by atomic mass is 10.4. The summed E-state index contributed by atoms with van der Waals surface area (Å²) in [6.07, 6.45) is -1.09. The van der Waals surface area contributed by atoms with Crippen LogP contribution in [0.4, 0.5) is 0 Å². The molecule has 0 fully saturated rings. The lowest BCUT2D eigenvalue weighted by Gasteiger charge is -2.09. The van der Waals surface area contributed by atoms with E-state index in [0.29, 0.717) is 0 Å². The molecular formula is C6H15NO3. The Bertz CT molecular complexity index is 77.4. The van der Waals surface area contributed by atoms with E-state index in [1.54, 1.807) is 6.92 Å². The fourth-order valence-corrected chi connectivity index (χ4v) is 0.443. The van der Waals surface area contributed by atoms with Crippen molar-refractivity contribution in [2.75, 3.05) is 19.8 Å². The summed E-state index contributed by atoms with van der Waals surface area (Å²) >= 11 is 0. The summed E-state index contributed by atoms with van der Waals surface area (Å²) in [5.41, 5.74) is 5.10. The molecule has 10 heavy (non-hydrogen) atoms. The number of ether oxygens (including phenoxy) is 1. The average Bonchev–Trinajstić information content (AvgIpc) is 1.87. The monoisotopic (exact) mass is 149 g/mol. The zero-order valence-corrected chi connectivity index (χ0v) is 6.16. The highest BCUT2D eigenvalue weighted by Gasteiger charge is 2.01. The van der Waals surface area contributed by atoms with Crippen LogP contribution in [0, 0.1) is 0 Å². The summed E-state index contributed by atoms with van der Waals surface area (Å²) in [6.45, 7) is 2.26. The Balaban J connectivity index is 3.03. The molecule has 4 nitrogen and oxygen atoms in total. The fraction of sp³-hybridized carbons (Fsp3) is 1.00. The topological polar surface area (TPSA) is 75.7 Å². The third-order valence-electron chi connectivity index (χ3n) is 0.941. The summed E-state index contributed by atoms with van der Waals surface area (Å²) in [5, 5.41) is 17.5. The lowest BCUT2D eigenvalue weighted by Crippen LogP contribution is -2.26. The van der Waals surface area contributed by atoms with Gasteiger partial charge in [0, 0.05) is 6.54 Å². The van der Waals surface area contributed by atoms with Crippen LogP contribution in [0.25, 0.3) is 0 Å². The molecule has 2 unspecified atom stereocenters. The molecule has 0 saturated carbocycles. The molecule has 0 radical (unpaired) electrons. The van der Waals surface area contributed by atoms with Gasteiger partial charge in [-0.15, -0.1) is 0 Å². The molecule has 0 rings (SSSR count). The van der Waals surface area contributed by atoms with Crippen molar-refractivity contribution in [3.63, 3.8) is 0 Å². The molecule has 0 aliphatic heterocycles. The molecular weight excluding hydrogens is 134 g/mol. The third kappa shape index (κ3) is 5.97. The standard InChI is InChI=1S/C6H15NO3/c1-5(8)3-10-4-6(9)2-7/h5-6,8-9H,2-4,7H2,1H3. The highest BCUT2D eigenvalue weighted by molar-refractivity contribution is 4.53. The van der Waals surface area contributed by atoms with Crippen LogP contribution in [0.2, 0.25) is 0 Å². The van der Waals surface area contributed by atoms with Crippen LogP contribution in [0.3, 0.4) is 0 Å².